The Morgan fingerprint density at radius 3 is 2.45 bits per heavy atom. The Kier molecular flexibility index (Phi) is 6.81. The number of carbonyl (C=O) groups excluding carboxylic acids is 1. The van der Waals surface area contributed by atoms with Gasteiger partial charge in [-0.1, -0.05) is 29.3 Å². The standard InChI is InChI=1S/C20H15Cl2N3O5S/c1-9(13-8-31-18(17(13)26)10-3-5-14(21)15(22)6-10)23-24-19(27)11-2-4-12(20(28)29)16(7-11)25-30/h2-8,25-26,30H,1H3,(H,24,27)(H,28,29). The second-order valence-electron chi connectivity index (χ2n) is 6.27. The average Bonchev–Trinajstić information content (AvgIpc) is 3.14. The van der Waals surface area contributed by atoms with Gasteiger partial charge in [0, 0.05) is 10.9 Å². The first kappa shape index (κ1) is 22.6. The number of amides is 1. The maximum Gasteiger partial charge on any atom is 0.337 e. The van der Waals surface area contributed by atoms with Crippen molar-refractivity contribution < 1.29 is 25.0 Å². The van der Waals surface area contributed by atoms with Crippen molar-refractivity contribution in [1.29, 1.82) is 0 Å². The maximum absolute atomic E-state index is 12.3. The van der Waals surface area contributed by atoms with Crippen LogP contribution in [0.4, 0.5) is 5.69 Å². The summed E-state index contributed by atoms with van der Waals surface area (Å²) in [6.45, 7) is 1.61. The van der Waals surface area contributed by atoms with E-state index in [1.807, 2.05) is 0 Å². The average molecular weight is 480 g/mol. The Balaban J connectivity index is 1.81. The molecule has 0 aliphatic carbocycles. The molecule has 3 aromatic rings. The van der Waals surface area contributed by atoms with Crippen LogP contribution < -0.4 is 10.9 Å². The van der Waals surface area contributed by atoms with E-state index < -0.39 is 11.9 Å². The van der Waals surface area contributed by atoms with Crippen molar-refractivity contribution in [1.82, 2.24) is 5.43 Å². The third-order valence-corrected chi connectivity index (χ3v) is 6.05. The van der Waals surface area contributed by atoms with Crippen LogP contribution in [-0.4, -0.2) is 33.0 Å². The molecule has 31 heavy (non-hydrogen) atoms. The summed E-state index contributed by atoms with van der Waals surface area (Å²) in [5.41, 5.74) is 5.27. The van der Waals surface area contributed by atoms with E-state index in [1.54, 1.807) is 36.0 Å². The van der Waals surface area contributed by atoms with Crippen LogP contribution in [0.2, 0.25) is 10.0 Å². The van der Waals surface area contributed by atoms with Crippen molar-refractivity contribution in [2.45, 2.75) is 6.92 Å². The summed E-state index contributed by atoms with van der Waals surface area (Å²) in [5.74, 6) is -1.91. The van der Waals surface area contributed by atoms with Crippen molar-refractivity contribution in [2.75, 3.05) is 5.48 Å². The molecule has 8 nitrogen and oxygen atoms in total. The number of carbonyl (C=O) groups is 2. The van der Waals surface area contributed by atoms with Crippen molar-refractivity contribution in [3.63, 3.8) is 0 Å². The molecule has 2 aromatic carbocycles. The molecule has 0 unspecified atom stereocenters. The number of hydrazone groups is 1. The lowest BCUT2D eigenvalue weighted by Crippen LogP contribution is -2.19. The van der Waals surface area contributed by atoms with Gasteiger partial charge in [-0.25, -0.2) is 10.2 Å². The van der Waals surface area contributed by atoms with Gasteiger partial charge >= 0.3 is 5.97 Å². The second kappa shape index (κ2) is 9.36. The van der Waals surface area contributed by atoms with Crippen LogP contribution in [-0.2, 0) is 0 Å². The lowest BCUT2D eigenvalue weighted by molar-refractivity contribution is 0.0696. The number of hydrogen-bond donors (Lipinski definition) is 5. The predicted molar refractivity (Wildman–Crippen MR) is 120 cm³/mol. The normalized spacial score (nSPS) is 11.3. The fourth-order valence-electron chi connectivity index (χ4n) is 2.67. The van der Waals surface area contributed by atoms with Gasteiger partial charge in [-0.2, -0.15) is 5.10 Å². The molecule has 0 spiro atoms. The highest BCUT2D eigenvalue weighted by Crippen LogP contribution is 2.40. The minimum Gasteiger partial charge on any atom is -0.506 e. The van der Waals surface area contributed by atoms with Crippen molar-refractivity contribution in [3.05, 3.63) is 68.5 Å². The molecule has 3 rings (SSSR count). The molecule has 0 saturated heterocycles. The van der Waals surface area contributed by atoms with Gasteiger partial charge in [0.05, 0.1) is 37.4 Å². The molecule has 0 atom stereocenters. The maximum atomic E-state index is 12.3. The van der Waals surface area contributed by atoms with Crippen molar-refractivity contribution in [2.24, 2.45) is 5.10 Å². The van der Waals surface area contributed by atoms with Gasteiger partial charge in [0.1, 0.15) is 5.75 Å². The largest absolute Gasteiger partial charge is 0.506 e. The molecular weight excluding hydrogens is 465 g/mol. The summed E-state index contributed by atoms with van der Waals surface area (Å²) in [7, 11) is 0. The fourth-order valence-corrected chi connectivity index (χ4v) is 3.98. The van der Waals surface area contributed by atoms with E-state index in [0.29, 0.717) is 31.8 Å². The summed E-state index contributed by atoms with van der Waals surface area (Å²) in [6, 6.07) is 8.64. The molecule has 0 bridgehead atoms. The number of aromatic carboxylic acids is 1. The zero-order valence-electron chi connectivity index (χ0n) is 15.8. The SMILES string of the molecule is CC(=NNC(=O)c1ccc(C(=O)O)c(NO)c1)c1csc(-c2ccc(Cl)c(Cl)c2)c1O. The summed E-state index contributed by atoms with van der Waals surface area (Å²) in [4.78, 5) is 24.0. The summed E-state index contributed by atoms with van der Waals surface area (Å²) in [5, 5.41) is 35.2. The van der Waals surface area contributed by atoms with Gasteiger partial charge in [0.15, 0.2) is 0 Å². The predicted octanol–water partition coefficient (Wildman–Crippen LogP) is 5.08. The highest BCUT2D eigenvalue weighted by atomic mass is 35.5. The third-order valence-electron chi connectivity index (χ3n) is 4.29. The van der Waals surface area contributed by atoms with E-state index in [2.05, 4.69) is 10.5 Å². The minimum atomic E-state index is -1.26. The summed E-state index contributed by atoms with van der Waals surface area (Å²) >= 11 is 13.2. The van der Waals surface area contributed by atoms with Gasteiger partial charge < -0.3 is 10.2 Å². The molecule has 0 fully saturated rings. The molecule has 0 saturated carbocycles. The molecule has 160 valence electrons. The van der Waals surface area contributed by atoms with Crippen LogP contribution in [0.25, 0.3) is 10.4 Å². The summed E-state index contributed by atoms with van der Waals surface area (Å²) < 4.78 is 0. The van der Waals surface area contributed by atoms with Gasteiger partial charge in [0.2, 0.25) is 0 Å². The molecule has 0 radical (unpaired) electrons. The van der Waals surface area contributed by atoms with E-state index in [-0.39, 0.29) is 22.6 Å². The molecule has 0 aliphatic heterocycles. The molecule has 1 amide bonds. The van der Waals surface area contributed by atoms with Crippen LogP contribution in [0, 0.1) is 0 Å². The lowest BCUT2D eigenvalue weighted by atomic mass is 10.1. The first-order valence-electron chi connectivity index (χ1n) is 8.61. The topological polar surface area (TPSA) is 131 Å². The number of hydrogen-bond acceptors (Lipinski definition) is 7. The molecule has 1 aromatic heterocycles. The van der Waals surface area contributed by atoms with E-state index in [4.69, 9.17) is 33.5 Å². The zero-order chi connectivity index (χ0) is 22.7. The van der Waals surface area contributed by atoms with Gasteiger partial charge in [0.25, 0.3) is 5.91 Å². The minimum absolute atomic E-state index is 0.0172. The number of nitrogens with zero attached hydrogens (tertiary/aromatic N) is 1. The lowest BCUT2D eigenvalue weighted by Gasteiger charge is -2.07. The number of anilines is 1. The molecule has 11 heteroatoms. The first-order chi connectivity index (χ1) is 14.7. The number of aromatic hydroxyl groups is 1. The second-order valence-corrected chi connectivity index (χ2v) is 7.97. The molecular formula is C20H15Cl2N3O5S. The van der Waals surface area contributed by atoms with Crippen LogP contribution in [0.5, 0.6) is 5.75 Å². The number of carboxylic acid groups (broad SMARTS) is 1. The van der Waals surface area contributed by atoms with Crippen LogP contribution in [0.15, 0.2) is 46.9 Å². The van der Waals surface area contributed by atoms with Crippen LogP contribution in [0.3, 0.4) is 0 Å². The number of nitrogens with one attached hydrogen (secondary N) is 2. The van der Waals surface area contributed by atoms with E-state index in [9.17, 15) is 14.7 Å². The Hall–Kier alpha value is -3.11. The number of thiophene rings is 1. The number of carboxylic acids is 1. The summed E-state index contributed by atoms with van der Waals surface area (Å²) in [6.07, 6.45) is 0. The Bertz CT molecular complexity index is 1210. The third kappa shape index (κ3) is 4.80. The van der Waals surface area contributed by atoms with Gasteiger partial charge in [-0.15, -0.1) is 11.3 Å². The Labute approximate surface area is 190 Å². The van der Waals surface area contributed by atoms with Crippen molar-refractivity contribution in [3.8, 4) is 16.2 Å². The molecule has 5 N–H and O–H groups in total. The molecule has 1 heterocycles. The molecule has 0 aliphatic rings. The van der Waals surface area contributed by atoms with E-state index in [0.717, 1.165) is 0 Å². The monoisotopic (exact) mass is 479 g/mol. The fraction of sp³-hybridized carbons (Fsp3) is 0.0500. The van der Waals surface area contributed by atoms with Crippen molar-refractivity contribution >= 4 is 57.8 Å². The highest BCUT2D eigenvalue weighted by Gasteiger charge is 2.17. The number of halogens is 2. The first-order valence-corrected chi connectivity index (χ1v) is 10.2. The zero-order valence-corrected chi connectivity index (χ0v) is 18.1. The highest BCUT2D eigenvalue weighted by molar-refractivity contribution is 7.14. The smallest absolute Gasteiger partial charge is 0.337 e. The van der Waals surface area contributed by atoms with E-state index in [1.165, 1.54) is 29.5 Å². The number of rotatable bonds is 6. The Morgan fingerprint density at radius 1 is 1.06 bits per heavy atom. The van der Waals surface area contributed by atoms with E-state index >= 15 is 0 Å². The quantitative estimate of drug-likeness (QED) is 0.247. The van der Waals surface area contributed by atoms with Crippen LogP contribution in [0.1, 0.15) is 33.2 Å². The van der Waals surface area contributed by atoms with Gasteiger partial charge in [-0.05, 0) is 42.8 Å². The number of benzene rings is 2. The van der Waals surface area contributed by atoms with Crippen LogP contribution >= 0.6 is 34.5 Å². The van der Waals surface area contributed by atoms with Gasteiger partial charge in [-0.3, -0.25) is 15.5 Å². The Morgan fingerprint density at radius 2 is 1.81 bits per heavy atom.